The van der Waals surface area contributed by atoms with Crippen molar-refractivity contribution in [3.8, 4) is 0 Å². The summed E-state index contributed by atoms with van der Waals surface area (Å²) in [6.07, 6.45) is 2.93. The van der Waals surface area contributed by atoms with E-state index in [-0.39, 0.29) is 11.3 Å². The average molecular weight is 289 g/mol. The molecule has 19 heavy (non-hydrogen) atoms. The van der Waals surface area contributed by atoms with Crippen molar-refractivity contribution in [3.05, 3.63) is 0 Å². The van der Waals surface area contributed by atoms with Gasteiger partial charge in [-0.15, -0.1) is 0 Å². The first-order valence-corrected chi connectivity index (χ1v) is 9.10. The van der Waals surface area contributed by atoms with Crippen molar-refractivity contribution in [1.82, 2.24) is 9.80 Å². The third kappa shape index (κ3) is 3.12. The van der Waals surface area contributed by atoms with Crippen LogP contribution in [0.3, 0.4) is 0 Å². The molecule has 2 aliphatic rings. The molecule has 0 aromatic heterocycles. The predicted molar refractivity (Wildman–Crippen MR) is 78.0 cm³/mol. The molecule has 112 valence electrons. The Balaban J connectivity index is 2.04. The molecule has 2 rings (SSSR count). The Morgan fingerprint density at radius 2 is 2.00 bits per heavy atom. The largest absolute Gasteiger partial charge is 0.329 e. The van der Waals surface area contributed by atoms with Crippen LogP contribution in [0.4, 0.5) is 0 Å². The summed E-state index contributed by atoms with van der Waals surface area (Å²) >= 11 is 0. The summed E-state index contributed by atoms with van der Waals surface area (Å²) in [4.78, 5) is 4.73. The molecule has 2 heterocycles. The molecule has 0 spiro atoms. The van der Waals surface area contributed by atoms with Crippen LogP contribution < -0.4 is 5.73 Å². The second-order valence-corrected chi connectivity index (χ2v) is 8.23. The lowest BCUT2D eigenvalue weighted by molar-refractivity contribution is 0.0540. The van der Waals surface area contributed by atoms with E-state index in [9.17, 15) is 8.42 Å². The summed E-state index contributed by atoms with van der Waals surface area (Å²) in [6.45, 7) is 5.95. The van der Waals surface area contributed by atoms with Gasteiger partial charge in [0.25, 0.3) is 0 Å². The lowest BCUT2D eigenvalue weighted by Gasteiger charge is -2.45. The minimum absolute atomic E-state index is 0.237. The monoisotopic (exact) mass is 289 g/mol. The van der Waals surface area contributed by atoms with Crippen molar-refractivity contribution in [2.75, 3.05) is 44.7 Å². The van der Waals surface area contributed by atoms with Gasteiger partial charge in [0, 0.05) is 18.1 Å². The van der Waals surface area contributed by atoms with E-state index in [4.69, 9.17) is 5.73 Å². The summed E-state index contributed by atoms with van der Waals surface area (Å²) in [6, 6.07) is 0.472. The number of hydrogen-bond acceptors (Lipinski definition) is 5. The lowest BCUT2D eigenvalue weighted by Crippen LogP contribution is -2.58. The molecule has 1 atom stereocenters. The van der Waals surface area contributed by atoms with Crippen molar-refractivity contribution < 1.29 is 8.42 Å². The second kappa shape index (κ2) is 5.68. The Morgan fingerprint density at radius 3 is 2.42 bits per heavy atom. The Morgan fingerprint density at radius 1 is 1.37 bits per heavy atom. The van der Waals surface area contributed by atoms with Crippen LogP contribution in [0.5, 0.6) is 0 Å². The molecule has 6 heteroatoms. The topological polar surface area (TPSA) is 66.6 Å². The number of sulfone groups is 1. The smallest absolute Gasteiger partial charge is 0.152 e. The van der Waals surface area contributed by atoms with Crippen LogP contribution in [0.15, 0.2) is 0 Å². The van der Waals surface area contributed by atoms with Crippen LogP contribution >= 0.6 is 0 Å². The molecular formula is C13H27N3O2S. The van der Waals surface area contributed by atoms with E-state index in [1.807, 2.05) is 0 Å². The van der Waals surface area contributed by atoms with Crippen LogP contribution in [-0.4, -0.2) is 74.5 Å². The van der Waals surface area contributed by atoms with Crippen molar-refractivity contribution in [2.24, 2.45) is 5.73 Å². The van der Waals surface area contributed by atoms with E-state index in [1.54, 1.807) is 0 Å². The Bertz CT molecular complexity index is 404. The molecule has 2 fully saturated rings. The zero-order valence-electron chi connectivity index (χ0n) is 12.1. The fourth-order valence-corrected chi connectivity index (χ4v) is 5.61. The highest BCUT2D eigenvalue weighted by Gasteiger charge is 2.46. The van der Waals surface area contributed by atoms with Gasteiger partial charge in [0.1, 0.15) is 0 Å². The van der Waals surface area contributed by atoms with Gasteiger partial charge in [0.2, 0.25) is 0 Å². The zero-order chi connectivity index (χ0) is 14.1. The number of likely N-dealkylation sites (tertiary alicyclic amines) is 1. The highest BCUT2D eigenvalue weighted by atomic mass is 32.2. The van der Waals surface area contributed by atoms with Crippen LogP contribution in [0.2, 0.25) is 0 Å². The average Bonchev–Trinajstić information content (AvgIpc) is 2.75. The van der Waals surface area contributed by atoms with E-state index in [0.717, 1.165) is 32.5 Å². The lowest BCUT2D eigenvalue weighted by atomic mass is 9.92. The molecule has 2 aliphatic heterocycles. The van der Waals surface area contributed by atoms with Crippen LogP contribution in [0.1, 0.15) is 26.2 Å². The van der Waals surface area contributed by atoms with Gasteiger partial charge in [-0.25, -0.2) is 8.42 Å². The normalized spacial score (nSPS) is 33.1. The van der Waals surface area contributed by atoms with Crippen molar-refractivity contribution in [2.45, 2.75) is 37.8 Å². The van der Waals surface area contributed by atoms with Gasteiger partial charge < -0.3 is 10.6 Å². The number of piperidine rings is 1. The molecule has 2 saturated heterocycles. The first-order valence-electron chi connectivity index (χ1n) is 7.28. The highest BCUT2D eigenvalue weighted by Crippen LogP contribution is 2.32. The molecule has 0 aromatic carbocycles. The molecule has 0 radical (unpaired) electrons. The quantitative estimate of drug-likeness (QED) is 0.784. The van der Waals surface area contributed by atoms with Gasteiger partial charge in [-0.05, 0) is 45.9 Å². The summed E-state index contributed by atoms with van der Waals surface area (Å²) in [5, 5.41) is 0. The van der Waals surface area contributed by atoms with Crippen LogP contribution in [0.25, 0.3) is 0 Å². The number of rotatable bonds is 4. The molecule has 5 nitrogen and oxygen atoms in total. The molecule has 0 saturated carbocycles. The van der Waals surface area contributed by atoms with E-state index >= 15 is 0 Å². The van der Waals surface area contributed by atoms with Crippen molar-refractivity contribution >= 4 is 9.84 Å². The first kappa shape index (κ1) is 15.2. The van der Waals surface area contributed by atoms with E-state index in [0.29, 0.717) is 24.8 Å². The molecule has 1 unspecified atom stereocenters. The molecule has 0 bridgehead atoms. The van der Waals surface area contributed by atoms with Gasteiger partial charge in [0.05, 0.1) is 11.5 Å². The second-order valence-electron chi connectivity index (χ2n) is 6.05. The molecule has 2 N–H and O–H groups in total. The summed E-state index contributed by atoms with van der Waals surface area (Å²) in [5.74, 6) is 0.531. The third-order valence-electron chi connectivity index (χ3n) is 5.05. The van der Waals surface area contributed by atoms with Crippen LogP contribution in [0, 0.1) is 0 Å². The predicted octanol–water partition coefficient (Wildman–Crippen LogP) is -0.0815. The van der Waals surface area contributed by atoms with Crippen molar-refractivity contribution in [1.29, 1.82) is 0 Å². The van der Waals surface area contributed by atoms with Gasteiger partial charge in [0.15, 0.2) is 9.84 Å². The summed E-state index contributed by atoms with van der Waals surface area (Å²) in [7, 11) is -0.828. The van der Waals surface area contributed by atoms with Gasteiger partial charge >= 0.3 is 0 Å². The Labute approximate surface area is 117 Å². The molecule has 0 amide bonds. The molecular weight excluding hydrogens is 262 g/mol. The minimum Gasteiger partial charge on any atom is -0.329 e. The van der Waals surface area contributed by atoms with Gasteiger partial charge in [-0.3, -0.25) is 4.90 Å². The fraction of sp³-hybridized carbons (Fsp3) is 1.00. The maximum atomic E-state index is 11.8. The summed E-state index contributed by atoms with van der Waals surface area (Å²) in [5.41, 5.74) is 5.61. The third-order valence-corrected chi connectivity index (χ3v) is 6.85. The Kier molecular flexibility index (Phi) is 4.55. The number of hydrogen-bond donors (Lipinski definition) is 1. The summed E-state index contributed by atoms with van der Waals surface area (Å²) < 4.78 is 23.6. The van der Waals surface area contributed by atoms with Gasteiger partial charge in [-0.1, -0.05) is 6.92 Å². The maximum absolute atomic E-state index is 11.8. The number of likely N-dealkylation sites (N-methyl/N-ethyl adjacent to an activating group) is 1. The van der Waals surface area contributed by atoms with E-state index in [1.165, 1.54) is 0 Å². The highest BCUT2D eigenvalue weighted by molar-refractivity contribution is 7.91. The standard InChI is InChI=1S/C13H27N3O2S/c1-3-16-7-4-12(5-8-16)15(2)13(10-14)6-9-19(17,18)11-13/h12H,3-11,14H2,1-2H3. The van der Waals surface area contributed by atoms with Crippen molar-refractivity contribution in [3.63, 3.8) is 0 Å². The fourth-order valence-electron chi connectivity index (χ4n) is 3.49. The Hall–Kier alpha value is -0.170. The molecule has 0 aromatic rings. The first-order chi connectivity index (χ1) is 8.92. The van der Waals surface area contributed by atoms with Gasteiger partial charge in [-0.2, -0.15) is 0 Å². The van der Waals surface area contributed by atoms with Crippen LogP contribution in [-0.2, 0) is 9.84 Å². The van der Waals surface area contributed by atoms with E-state index < -0.39 is 9.84 Å². The minimum atomic E-state index is -2.90. The number of nitrogens with two attached hydrogens (primary N) is 1. The SMILES string of the molecule is CCN1CCC(N(C)C2(CN)CCS(=O)(=O)C2)CC1. The number of nitrogens with zero attached hydrogens (tertiary/aromatic N) is 2. The van der Waals surface area contributed by atoms with E-state index in [2.05, 4.69) is 23.8 Å². The molecule has 0 aliphatic carbocycles. The zero-order valence-corrected chi connectivity index (χ0v) is 13.0. The maximum Gasteiger partial charge on any atom is 0.152 e.